The maximum absolute atomic E-state index is 6.54. The van der Waals surface area contributed by atoms with Crippen molar-refractivity contribution < 1.29 is 8.83 Å². The molecule has 0 saturated carbocycles. The van der Waals surface area contributed by atoms with Gasteiger partial charge in [-0.25, -0.2) is 0 Å². The Bertz CT molecular complexity index is 3090. The summed E-state index contributed by atoms with van der Waals surface area (Å²) in [7, 11) is 0. The maximum Gasteiger partial charge on any atom is 0.136 e. The van der Waals surface area contributed by atoms with Crippen molar-refractivity contribution in [3.8, 4) is 33.4 Å². The van der Waals surface area contributed by atoms with E-state index in [2.05, 4.69) is 187 Å². The van der Waals surface area contributed by atoms with Crippen molar-refractivity contribution in [1.29, 1.82) is 0 Å². The fraction of sp³-hybridized carbons (Fsp3) is 0. The Morgan fingerprint density at radius 3 is 1.40 bits per heavy atom. The SMILES string of the molecule is c1ccc(-c2ccc(N(c3ccc(-c4ccccc4)cc3)c3ccc4c(c3)c(-c3ccc5c(c3)oc3ccccc35)cc3oc5ccccc5c34)cc2)cc1. The standard InChI is InChI=1S/C52H33NO2/c1-3-11-34(12-4-1)36-19-24-39(25-20-36)53(40-26-21-37(22-27-40)35-13-5-2-6-14-35)41-28-30-44-47(32-41)46(33-51-52(44)45-16-8-10-18-49(45)55-51)38-23-29-43-42-15-7-9-17-48(42)54-50(43)31-38/h1-33H. The van der Waals surface area contributed by atoms with Gasteiger partial charge in [0.1, 0.15) is 22.3 Å². The lowest BCUT2D eigenvalue weighted by Crippen LogP contribution is -2.10. The first-order valence-electron chi connectivity index (χ1n) is 18.7. The molecule has 11 aromatic rings. The van der Waals surface area contributed by atoms with Gasteiger partial charge in [0.25, 0.3) is 0 Å². The molecule has 0 aliphatic rings. The van der Waals surface area contributed by atoms with Crippen LogP contribution in [0, 0.1) is 0 Å². The van der Waals surface area contributed by atoms with Gasteiger partial charge in [-0.15, -0.1) is 0 Å². The topological polar surface area (TPSA) is 29.5 Å². The van der Waals surface area contributed by atoms with E-state index in [0.717, 1.165) is 82.8 Å². The van der Waals surface area contributed by atoms with Crippen LogP contribution in [0.2, 0.25) is 0 Å². The molecule has 258 valence electrons. The van der Waals surface area contributed by atoms with Gasteiger partial charge in [-0.2, -0.15) is 0 Å². The Kier molecular flexibility index (Phi) is 7.17. The highest BCUT2D eigenvalue weighted by atomic mass is 16.3. The van der Waals surface area contributed by atoms with E-state index < -0.39 is 0 Å². The summed E-state index contributed by atoms with van der Waals surface area (Å²) in [5.41, 5.74) is 13.6. The fourth-order valence-corrected chi connectivity index (χ4v) is 8.21. The highest BCUT2D eigenvalue weighted by molar-refractivity contribution is 6.23. The van der Waals surface area contributed by atoms with Gasteiger partial charge in [0, 0.05) is 38.6 Å². The van der Waals surface area contributed by atoms with Crippen molar-refractivity contribution in [1.82, 2.24) is 0 Å². The van der Waals surface area contributed by atoms with Crippen LogP contribution < -0.4 is 4.90 Å². The lowest BCUT2D eigenvalue weighted by Gasteiger charge is -2.26. The maximum atomic E-state index is 6.54. The molecule has 0 bridgehead atoms. The molecule has 0 fully saturated rings. The van der Waals surface area contributed by atoms with E-state index in [1.54, 1.807) is 0 Å². The van der Waals surface area contributed by atoms with Crippen LogP contribution in [0.25, 0.3) is 88.0 Å². The van der Waals surface area contributed by atoms with Crippen LogP contribution in [0.4, 0.5) is 17.1 Å². The largest absolute Gasteiger partial charge is 0.456 e. The number of anilines is 3. The molecular weight excluding hydrogens is 671 g/mol. The lowest BCUT2D eigenvalue weighted by atomic mass is 9.93. The zero-order valence-electron chi connectivity index (χ0n) is 29.8. The number of benzene rings is 9. The quantitative estimate of drug-likeness (QED) is 0.173. The van der Waals surface area contributed by atoms with Crippen LogP contribution in [0.3, 0.4) is 0 Å². The third kappa shape index (κ3) is 5.28. The molecule has 0 aliphatic carbocycles. The second-order valence-electron chi connectivity index (χ2n) is 14.1. The Hall–Kier alpha value is -7.36. The van der Waals surface area contributed by atoms with Crippen molar-refractivity contribution in [3.63, 3.8) is 0 Å². The van der Waals surface area contributed by atoms with Crippen LogP contribution in [-0.4, -0.2) is 0 Å². The van der Waals surface area contributed by atoms with Gasteiger partial charge in [-0.3, -0.25) is 0 Å². The average molecular weight is 704 g/mol. The molecule has 3 nitrogen and oxygen atoms in total. The van der Waals surface area contributed by atoms with Crippen LogP contribution in [0.15, 0.2) is 209 Å². The summed E-state index contributed by atoms with van der Waals surface area (Å²) in [6, 6.07) is 71.0. The lowest BCUT2D eigenvalue weighted by molar-refractivity contribution is 0.668. The highest BCUT2D eigenvalue weighted by Crippen LogP contribution is 2.45. The smallest absolute Gasteiger partial charge is 0.136 e. The number of hydrogen-bond acceptors (Lipinski definition) is 3. The van der Waals surface area contributed by atoms with Gasteiger partial charge in [0.2, 0.25) is 0 Å². The van der Waals surface area contributed by atoms with Crippen LogP contribution >= 0.6 is 0 Å². The third-order valence-electron chi connectivity index (χ3n) is 10.9. The monoisotopic (exact) mass is 703 g/mol. The Morgan fingerprint density at radius 1 is 0.273 bits per heavy atom. The van der Waals surface area contributed by atoms with Gasteiger partial charge >= 0.3 is 0 Å². The van der Waals surface area contributed by atoms with Crippen molar-refractivity contribution in [2.45, 2.75) is 0 Å². The van der Waals surface area contributed by atoms with E-state index in [0.29, 0.717) is 0 Å². The molecule has 2 aromatic heterocycles. The molecule has 55 heavy (non-hydrogen) atoms. The number of para-hydroxylation sites is 2. The Morgan fingerprint density at radius 2 is 0.745 bits per heavy atom. The second kappa shape index (κ2) is 12.6. The van der Waals surface area contributed by atoms with Crippen molar-refractivity contribution >= 4 is 71.7 Å². The predicted octanol–water partition coefficient (Wildman–Crippen LogP) is 15.1. The fourth-order valence-electron chi connectivity index (χ4n) is 8.21. The second-order valence-corrected chi connectivity index (χ2v) is 14.1. The first kappa shape index (κ1) is 31.2. The minimum atomic E-state index is 0.867. The van der Waals surface area contributed by atoms with E-state index in [-0.39, 0.29) is 0 Å². The molecule has 0 saturated heterocycles. The first-order valence-corrected chi connectivity index (χ1v) is 18.7. The highest BCUT2D eigenvalue weighted by Gasteiger charge is 2.20. The normalized spacial score (nSPS) is 11.6. The molecule has 0 radical (unpaired) electrons. The number of rotatable bonds is 6. The van der Waals surface area contributed by atoms with Crippen molar-refractivity contribution in [3.05, 3.63) is 200 Å². The van der Waals surface area contributed by atoms with E-state index >= 15 is 0 Å². The van der Waals surface area contributed by atoms with E-state index in [1.807, 2.05) is 18.2 Å². The van der Waals surface area contributed by atoms with Crippen molar-refractivity contribution in [2.75, 3.05) is 4.90 Å². The molecule has 0 N–H and O–H groups in total. The zero-order valence-corrected chi connectivity index (χ0v) is 29.8. The summed E-state index contributed by atoms with van der Waals surface area (Å²) in [6.07, 6.45) is 0. The van der Waals surface area contributed by atoms with E-state index in [1.165, 1.54) is 22.3 Å². The van der Waals surface area contributed by atoms with Gasteiger partial charge in [0.05, 0.1) is 0 Å². The summed E-state index contributed by atoms with van der Waals surface area (Å²) < 4.78 is 12.9. The molecule has 0 amide bonds. The summed E-state index contributed by atoms with van der Waals surface area (Å²) >= 11 is 0. The molecule has 0 spiro atoms. The van der Waals surface area contributed by atoms with E-state index in [9.17, 15) is 0 Å². The summed E-state index contributed by atoms with van der Waals surface area (Å²) in [5.74, 6) is 0. The van der Waals surface area contributed by atoms with Crippen LogP contribution in [0.1, 0.15) is 0 Å². The predicted molar refractivity (Wildman–Crippen MR) is 229 cm³/mol. The molecule has 2 heterocycles. The molecule has 9 aromatic carbocycles. The Labute approximate surface area is 317 Å². The number of nitrogens with zero attached hydrogens (tertiary/aromatic N) is 1. The summed E-state index contributed by atoms with van der Waals surface area (Å²) in [5, 5.41) is 6.74. The van der Waals surface area contributed by atoms with Gasteiger partial charge in [-0.1, -0.05) is 133 Å². The van der Waals surface area contributed by atoms with E-state index in [4.69, 9.17) is 8.83 Å². The molecular formula is C52H33NO2. The summed E-state index contributed by atoms with van der Waals surface area (Å²) in [4.78, 5) is 2.35. The van der Waals surface area contributed by atoms with Crippen LogP contribution in [0.5, 0.6) is 0 Å². The summed E-state index contributed by atoms with van der Waals surface area (Å²) in [6.45, 7) is 0. The first-order chi connectivity index (χ1) is 27.2. The molecule has 11 rings (SSSR count). The Balaban J connectivity index is 1.13. The van der Waals surface area contributed by atoms with Crippen molar-refractivity contribution in [2.24, 2.45) is 0 Å². The molecule has 0 atom stereocenters. The molecule has 0 unspecified atom stereocenters. The van der Waals surface area contributed by atoms with Crippen LogP contribution in [-0.2, 0) is 0 Å². The molecule has 0 aliphatic heterocycles. The van der Waals surface area contributed by atoms with Gasteiger partial charge < -0.3 is 13.7 Å². The minimum absolute atomic E-state index is 0.867. The number of fused-ring (bicyclic) bond motifs is 8. The van der Waals surface area contributed by atoms with Gasteiger partial charge in [-0.05, 0) is 111 Å². The zero-order chi connectivity index (χ0) is 36.3. The molecule has 3 heteroatoms. The third-order valence-corrected chi connectivity index (χ3v) is 10.9. The number of furan rings is 2. The minimum Gasteiger partial charge on any atom is -0.456 e. The average Bonchev–Trinajstić information content (AvgIpc) is 3.83. The number of hydrogen-bond donors (Lipinski definition) is 0. The van der Waals surface area contributed by atoms with Gasteiger partial charge in [0.15, 0.2) is 0 Å².